The Morgan fingerprint density at radius 1 is 1.07 bits per heavy atom. The third-order valence-corrected chi connectivity index (χ3v) is 6.79. The number of nitrogens with one attached hydrogen (secondary N) is 1. The van der Waals surface area contributed by atoms with Crippen LogP contribution in [-0.4, -0.2) is 36.0 Å². The largest absolute Gasteiger partial charge is 0.353 e. The minimum atomic E-state index is 0. The first kappa shape index (κ1) is 22.8. The van der Waals surface area contributed by atoms with E-state index in [4.69, 9.17) is 17.3 Å². The van der Waals surface area contributed by atoms with Crippen LogP contribution >= 0.6 is 36.4 Å². The Bertz CT molecular complexity index is 617. The number of fused-ring (bicyclic) bond motifs is 2. The number of amides is 1. The first-order chi connectivity index (χ1) is 12.1. The Morgan fingerprint density at radius 3 is 2.30 bits per heavy atom. The second-order valence-electron chi connectivity index (χ2n) is 8.12. The van der Waals surface area contributed by atoms with Crippen LogP contribution in [0.15, 0.2) is 24.3 Å². The van der Waals surface area contributed by atoms with Gasteiger partial charge in [0, 0.05) is 36.7 Å². The van der Waals surface area contributed by atoms with Crippen LogP contribution in [0.25, 0.3) is 0 Å². The van der Waals surface area contributed by atoms with Gasteiger partial charge in [-0.2, -0.15) is 0 Å². The molecule has 7 heteroatoms. The van der Waals surface area contributed by atoms with Crippen molar-refractivity contribution in [1.29, 1.82) is 0 Å². The number of carbonyl (C=O) groups excluding carboxylic acids is 1. The topological polar surface area (TPSA) is 58.4 Å². The van der Waals surface area contributed by atoms with E-state index in [1.165, 1.54) is 24.8 Å². The van der Waals surface area contributed by atoms with Crippen molar-refractivity contribution in [3.05, 3.63) is 34.9 Å². The first-order valence-electron chi connectivity index (χ1n) is 9.63. The zero-order chi connectivity index (χ0) is 17.4. The summed E-state index contributed by atoms with van der Waals surface area (Å²) in [4.78, 5) is 15.2. The Morgan fingerprint density at radius 2 is 1.70 bits per heavy atom. The Kier molecular flexibility index (Phi) is 8.26. The van der Waals surface area contributed by atoms with Gasteiger partial charge in [0.15, 0.2) is 0 Å². The summed E-state index contributed by atoms with van der Waals surface area (Å²) in [5.74, 6) is 1.40. The molecule has 0 aromatic heterocycles. The molecule has 3 fully saturated rings. The standard InChI is InChI=1S/C20H28ClN3O.2ClH/c21-16-5-1-13(2-6-16)12-24-9-7-17(8-10-24)23-20(25)18-14-3-4-15(11-14)19(18)22;;/h1-2,5-6,14-15,17-19H,3-4,7-12,22H2,(H,23,25);2*1H. The summed E-state index contributed by atoms with van der Waals surface area (Å²) in [7, 11) is 0. The van der Waals surface area contributed by atoms with Gasteiger partial charge in [0.2, 0.25) is 5.91 Å². The summed E-state index contributed by atoms with van der Waals surface area (Å²) in [5.41, 5.74) is 7.60. The predicted octanol–water partition coefficient (Wildman–Crippen LogP) is 3.64. The van der Waals surface area contributed by atoms with E-state index in [2.05, 4.69) is 22.3 Å². The summed E-state index contributed by atoms with van der Waals surface area (Å²) in [6.45, 7) is 3.00. The second-order valence-corrected chi connectivity index (χ2v) is 8.56. The van der Waals surface area contributed by atoms with Crippen LogP contribution in [-0.2, 0) is 11.3 Å². The number of piperidine rings is 1. The van der Waals surface area contributed by atoms with Gasteiger partial charge >= 0.3 is 0 Å². The number of hydrogen-bond donors (Lipinski definition) is 2. The molecule has 1 saturated heterocycles. The van der Waals surface area contributed by atoms with Crippen molar-refractivity contribution in [2.45, 2.75) is 50.7 Å². The fourth-order valence-corrected chi connectivity index (χ4v) is 5.23. The van der Waals surface area contributed by atoms with Crippen molar-refractivity contribution in [3.8, 4) is 0 Å². The summed E-state index contributed by atoms with van der Waals surface area (Å²) in [5, 5.41) is 4.09. The number of hydrogen-bond acceptors (Lipinski definition) is 3. The van der Waals surface area contributed by atoms with Crippen molar-refractivity contribution in [2.75, 3.05) is 13.1 Å². The van der Waals surface area contributed by atoms with Crippen LogP contribution in [0.1, 0.15) is 37.7 Å². The zero-order valence-corrected chi connectivity index (χ0v) is 17.9. The molecule has 1 aliphatic heterocycles. The van der Waals surface area contributed by atoms with Crippen LogP contribution in [0.5, 0.6) is 0 Å². The van der Waals surface area contributed by atoms with Gasteiger partial charge in [-0.3, -0.25) is 9.69 Å². The molecule has 3 aliphatic rings. The van der Waals surface area contributed by atoms with Crippen LogP contribution in [0.4, 0.5) is 0 Å². The molecule has 1 aromatic rings. The third kappa shape index (κ3) is 5.10. The molecule has 0 spiro atoms. The van der Waals surface area contributed by atoms with Gasteiger partial charge in [-0.1, -0.05) is 23.7 Å². The van der Waals surface area contributed by atoms with Gasteiger partial charge in [-0.25, -0.2) is 0 Å². The van der Waals surface area contributed by atoms with Crippen molar-refractivity contribution in [3.63, 3.8) is 0 Å². The molecule has 2 bridgehead atoms. The number of halogens is 3. The quantitative estimate of drug-likeness (QED) is 0.760. The number of rotatable bonds is 4. The summed E-state index contributed by atoms with van der Waals surface area (Å²) in [6.07, 6.45) is 5.62. The highest BCUT2D eigenvalue weighted by Crippen LogP contribution is 2.47. The number of likely N-dealkylation sites (tertiary alicyclic amines) is 1. The molecule has 2 saturated carbocycles. The smallest absolute Gasteiger partial charge is 0.225 e. The van der Waals surface area contributed by atoms with Gasteiger partial charge in [0.05, 0.1) is 5.92 Å². The molecule has 1 aromatic carbocycles. The lowest BCUT2D eigenvalue weighted by Crippen LogP contribution is -2.50. The van der Waals surface area contributed by atoms with Gasteiger partial charge < -0.3 is 11.1 Å². The highest BCUT2D eigenvalue weighted by molar-refractivity contribution is 6.30. The molecule has 4 rings (SSSR count). The van der Waals surface area contributed by atoms with Crippen LogP contribution in [0.3, 0.4) is 0 Å². The van der Waals surface area contributed by atoms with E-state index in [0.29, 0.717) is 17.9 Å². The molecule has 27 heavy (non-hydrogen) atoms. The summed E-state index contributed by atoms with van der Waals surface area (Å²) in [6, 6.07) is 8.47. The molecule has 4 atom stereocenters. The molecule has 4 unspecified atom stereocenters. The van der Waals surface area contributed by atoms with Crippen LogP contribution in [0, 0.1) is 17.8 Å². The Hall–Kier alpha value is -0.520. The number of nitrogens with two attached hydrogens (primary N) is 1. The van der Waals surface area contributed by atoms with Gasteiger partial charge in [0.25, 0.3) is 0 Å². The normalized spacial score (nSPS) is 30.4. The van der Waals surface area contributed by atoms with E-state index >= 15 is 0 Å². The van der Waals surface area contributed by atoms with Crippen LogP contribution < -0.4 is 11.1 Å². The van der Waals surface area contributed by atoms with E-state index in [9.17, 15) is 4.79 Å². The highest BCUT2D eigenvalue weighted by atomic mass is 35.5. The highest BCUT2D eigenvalue weighted by Gasteiger charge is 2.49. The average Bonchev–Trinajstić information content (AvgIpc) is 3.20. The SMILES string of the molecule is Cl.Cl.NC1C2CCC(C2)C1C(=O)NC1CCN(Cc2ccc(Cl)cc2)CC1. The van der Waals surface area contributed by atoms with E-state index in [1.54, 1.807) is 0 Å². The van der Waals surface area contributed by atoms with Crippen LogP contribution in [0.2, 0.25) is 5.02 Å². The van der Waals surface area contributed by atoms with E-state index in [-0.39, 0.29) is 42.7 Å². The second kappa shape index (κ2) is 9.80. The zero-order valence-electron chi connectivity index (χ0n) is 15.5. The number of nitrogens with zero attached hydrogens (tertiary/aromatic N) is 1. The molecule has 3 N–H and O–H groups in total. The fourth-order valence-electron chi connectivity index (χ4n) is 5.11. The van der Waals surface area contributed by atoms with Crippen molar-refractivity contribution >= 4 is 42.3 Å². The minimum Gasteiger partial charge on any atom is -0.353 e. The van der Waals surface area contributed by atoms with Crippen molar-refractivity contribution in [1.82, 2.24) is 10.2 Å². The van der Waals surface area contributed by atoms with Gasteiger partial charge in [-0.15, -0.1) is 24.8 Å². The lowest BCUT2D eigenvalue weighted by atomic mass is 9.84. The van der Waals surface area contributed by atoms with E-state index < -0.39 is 0 Å². The molecule has 2 aliphatic carbocycles. The Labute approximate surface area is 179 Å². The molecule has 152 valence electrons. The van der Waals surface area contributed by atoms with E-state index in [1.807, 2.05) is 12.1 Å². The van der Waals surface area contributed by atoms with Gasteiger partial charge in [-0.05, 0) is 61.6 Å². The maximum atomic E-state index is 12.7. The maximum Gasteiger partial charge on any atom is 0.225 e. The Balaban J connectivity index is 0.00000131. The van der Waals surface area contributed by atoms with E-state index in [0.717, 1.165) is 37.5 Å². The molecule has 0 radical (unpaired) electrons. The van der Waals surface area contributed by atoms with Crippen molar-refractivity contribution in [2.24, 2.45) is 23.5 Å². The lowest BCUT2D eigenvalue weighted by molar-refractivity contribution is -0.128. The minimum absolute atomic E-state index is 0. The number of benzene rings is 1. The average molecular weight is 435 g/mol. The molecule has 4 nitrogen and oxygen atoms in total. The lowest BCUT2D eigenvalue weighted by Gasteiger charge is -2.34. The summed E-state index contributed by atoms with van der Waals surface area (Å²) < 4.78 is 0. The van der Waals surface area contributed by atoms with Crippen molar-refractivity contribution < 1.29 is 4.79 Å². The predicted molar refractivity (Wildman–Crippen MR) is 115 cm³/mol. The maximum absolute atomic E-state index is 12.7. The summed E-state index contributed by atoms with van der Waals surface area (Å²) >= 11 is 5.95. The van der Waals surface area contributed by atoms with Gasteiger partial charge in [0.1, 0.15) is 0 Å². The molecular weight excluding hydrogens is 405 g/mol. The fraction of sp³-hybridized carbons (Fsp3) is 0.650. The molecule has 1 amide bonds. The molecule has 1 heterocycles. The first-order valence-corrected chi connectivity index (χ1v) is 10.0. The molecular formula is C20H30Cl3N3O. The third-order valence-electron chi connectivity index (χ3n) is 6.54. The number of carbonyl (C=O) groups is 1. The monoisotopic (exact) mass is 433 g/mol.